The van der Waals surface area contributed by atoms with E-state index in [1.165, 1.54) is 52.5 Å². The topological polar surface area (TPSA) is 179 Å². The molecule has 0 unspecified atom stereocenters. The third-order valence-electron chi connectivity index (χ3n) is 17.2. The van der Waals surface area contributed by atoms with E-state index in [9.17, 15) is 34.5 Å². The molecule has 5 atom stereocenters. The molecule has 0 saturated carbocycles. The Bertz CT molecular complexity index is 2630. The van der Waals surface area contributed by atoms with Gasteiger partial charge < -0.3 is 49.0 Å². The van der Waals surface area contributed by atoms with E-state index in [2.05, 4.69) is 70.7 Å². The highest BCUT2D eigenvalue weighted by Gasteiger charge is 2.47. The molecule has 420 valence electrons. The zero-order valence-corrected chi connectivity index (χ0v) is 47.2. The molecular weight excluding hydrogens is 977 g/mol. The van der Waals surface area contributed by atoms with E-state index < -0.39 is 41.6 Å². The molecule has 0 bridgehead atoms. The number of benzene rings is 2. The molecule has 0 aromatic heterocycles. The first-order valence-corrected chi connectivity index (χ1v) is 28.6. The van der Waals surface area contributed by atoms with Gasteiger partial charge in [0.15, 0.2) is 6.23 Å². The van der Waals surface area contributed by atoms with E-state index >= 15 is 0 Å². The molecule has 15 heteroatoms. The number of piperidine rings is 2. The molecule has 8 rings (SSSR count). The van der Waals surface area contributed by atoms with Crippen molar-refractivity contribution in [1.82, 2.24) is 19.6 Å². The number of likely N-dealkylation sites (tertiary alicyclic amines) is 2. The Morgan fingerprint density at radius 1 is 0.727 bits per heavy atom. The highest BCUT2D eigenvalue weighted by atomic mass is 16.6. The lowest BCUT2D eigenvalue weighted by Gasteiger charge is -2.41. The van der Waals surface area contributed by atoms with Crippen LogP contribution in [0.25, 0.3) is 0 Å². The number of fused-ring (bicyclic) bond motifs is 6. The van der Waals surface area contributed by atoms with Crippen LogP contribution in [0.5, 0.6) is 23.0 Å². The van der Waals surface area contributed by atoms with Crippen molar-refractivity contribution in [3.8, 4) is 23.0 Å². The lowest BCUT2D eigenvalue weighted by atomic mass is 9.84. The highest BCUT2D eigenvalue weighted by Crippen LogP contribution is 2.49. The van der Waals surface area contributed by atoms with Gasteiger partial charge in [-0.2, -0.15) is 0 Å². The number of allylic oxidation sites excluding steroid dienone is 8. The predicted molar refractivity (Wildman–Crippen MR) is 296 cm³/mol. The molecule has 6 aliphatic rings. The monoisotopic (exact) mass is 1060 g/mol. The van der Waals surface area contributed by atoms with E-state index in [1.807, 2.05) is 13.8 Å². The van der Waals surface area contributed by atoms with Crippen LogP contribution < -0.4 is 14.2 Å². The van der Waals surface area contributed by atoms with Gasteiger partial charge in [-0.15, -0.1) is 0 Å². The van der Waals surface area contributed by atoms with Crippen molar-refractivity contribution < 1.29 is 53.4 Å². The van der Waals surface area contributed by atoms with Crippen LogP contribution in [-0.2, 0) is 35.5 Å². The van der Waals surface area contributed by atoms with Crippen molar-refractivity contribution in [1.29, 1.82) is 0 Å². The molecule has 6 aliphatic heterocycles. The molecule has 2 fully saturated rings. The van der Waals surface area contributed by atoms with Crippen molar-refractivity contribution in [3.05, 3.63) is 92.1 Å². The molecule has 2 aromatic rings. The quantitative estimate of drug-likeness (QED) is 0.0797. The summed E-state index contributed by atoms with van der Waals surface area (Å²) in [5.74, 6) is 0.196. The van der Waals surface area contributed by atoms with Crippen molar-refractivity contribution in [3.63, 3.8) is 0 Å². The van der Waals surface area contributed by atoms with Crippen LogP contribution in [-0.4, -0.2) is 128 Å². The summed E-state index contributed by atoms with van der Waals surface area (Å²) in [6.07, 6.45) is 17.9. The minimum absolute atomic E-state index is 0.0372. The average molecular weight is 1060 g/mol. The van der Waals surface area contributed by atoms with Gasteiger partial charge in [-0.3, -0.25) is 19.3 Å². The van der Waals surface area contributed by atoms with Crippen molar-refractivity contribution in [2.45, 2.75) is 213 Å². The van der Waals surface area contributed by atoms with Gasteiger partial charge in [0.2, 0.25) is 0 Å². The predicted octanol–water partition coefficient (Wildman–Crippen LogP) is 10.8. The average Bonchev–Trinajstić information content (AvgIpc) is 3.98. The Morgan fingerprint density at radius 2 is 1.29 bits per heavy atom. The number of phenolic OH excluding ortho intramolecular Hbond substituents is 1. The van der Waals surface area contributed by atoms with Crippen molar-refractivity contribution in [2.75, 3.05) is 32.7 Å². The summed E-state index contributed by atoms with van der Waals surface area (Å²) >= 11 is 0. The Hall–Kier alpha value is -5.64. The first-order chi connectivity index (χ1) is 36.8. The SMILES string of the molecule is CC(C)=CCC/C(C)=C/CC[C@@]1(C)Oc2c(c(O)cc3c2CN(CCC[C@@H](OC=O)N2Cc4c(cc(OC(=O)N5CCC(N6CCCCC6)CC5)c5c4O[C@](C)(CC/C=C(\C)CCC=C(C)C)[C@@H](O)C5)C2=O)C3=O)C[C@@H]1O. The molecule has 0 aliphatic carbocycles. The number of amides is 3. The summed E-state index contributed by atoms with van der Waals surface area (Å²) in [6, 6.07) is 3.48. The Balaban J connectivity index is 0.969. The minimum Gasteiger partial charge on any atom is -0.508 e. The van der Waals surface area contributed by atoms with Crippen LogP contribution >= 0.6 is 0 Å². The molecule has 0 radical (unpaired) electrons. The fourth-order valence-electron chi connectivity index (χ4n) is 12.2. The zero-order chi connectivity index (χ0) is 55.2. The Labute approximate surface area is 456 Å². The summed E-state index contributed by atoms with van der Waals surface area (Å²) < 4.78 is 25.4. The molecule has 2 saturated heterocycles. The summed E-state index contributed by atoms with van der Waals surface area (Å²) in [5.41, 5.74) is 5.92. The first kappa shape index (κ1) is 57.5. The number of carbonyl (C=O) groups is 4. The molecule has 3 N–H and O–H groups in total. The largest absolute Gasteiger partial charge is 0.508 e. The van der Waals surface area contributed by atoms with E-state index in [0.717, 1.165) is 51.6 Å². The molecule has 0 spiro atoms. The number of aromatic hydroxyl groups is 1. The second-order valence-electron chi connectivity index (χ2n) is 23.7. The maximum Gasteiger partial charge on any atom is 0.415 e. The second kappa shape index (κ2) is 25.0. The number of carbonyl (C=O) groups excluding carboxylic acids is 4. The highest BCUT2D eigenvalue weighted by molar-refractivity contribution is 6.01. The first-order valence-electron chi connectivity index (χ1n) is 28.6. The fraction of sp³-hybridized carbons (Fsp3) is 0.613. The third-order valence-corrected chi connectivity index (χ3v) is 17.2. The number of aliphatic hydroxyl groups excluding tert-OH is 2. The van der Waals surface area contributed by atoms with E-state index in [1.54, 1.807) is 15.9 Å². The number of aliphatic hydroxyl groups is 2. The van der Waals surface area contributed by atoms with Gasteiger partial charge >= 0.3 is 6.09 Å². The van der Waals surface area contributed by atoms with Crippen LogP contribution in [0.2, 0.25) is 0 Å². The maximum absolute atomic E-state index is 14.7. The van der Waals surface area contributed by atoms with Crippen LogP contribution in [0, 0.1) is 0 Å². The molecule has 3 amide bonds. The zero-order valence-electron chi connectivity index (χ0n) is 47.2. The smallest absolute Gasteiger partial charge is 0.415 e. The molecule has 77 heavy (non-hydrogen) atoms. The van der Waals surface area contributed by atoms with Crippen LogP contribution in [0.1, 0.15) is 195 Å². The summed E-state index contributed by atoms with van der Waals surface area (Å²) in [6.45, 7) is 20.5. The lowest BCUT2D eigenvalue weighted by Crippen LogP contribution is -2.50. The fourth-order valence-corrected chi connectivity index (χ4v) is 12.2. The van der Waals surface area contributed by atoms with Crippen LogP contribution in [0.4, 0.5) is 4.79 Å². The minimum atomic E-state index is -1.04. The van der Waals surface area contributed by atoms with Crippen molar-refractivity contribution >= 4 is 24.4 Å². The number of nitrogens with zero attached hydrogens (tertiary/aromatic N) is 4. The van der Waals surface area contributed by atoms with Gasteiger partial charge in [0, 0.05) is 67.2 Å². The normalized spacial score (nSPS) is 24.1. The van der Waals surface area contributed by atoms with Gasteiger partial charge in [0.1, 0.15) is 34.2 Å². The van der Waals surface area contributed by atoms with E-state index in [-0.39, 0.29) is 61.9 Å². The third kappa shape index (κ3) is 13.3. The number of ether oxygens (including phenoxy) is 4. The summed E-state index contributed by atoms with van der Waals surface area (Å²) in [7, 11) is 0. The maximum atomic E-state index is 14.7. The molecule has 2 aromatic carbocycles. The molecule has 6 heterocycles. The molecule has 15 nitrogen and oxygen atoms in total. The van der Waals surface area contributed by atoms with Gasteiger partial charge in [-0.05, 0) is 164 Å². The Kier molecular flexibility index (Phi) is 18.7. The van der Waals surface area contributed by atoms with Gasteiger partial charge in [0.05, 0.1) is 36.4 Å². The second-order valence-corrected chi connectivity index (χ2v) is 23.7. The standard InChI is InChI=1S/C62H86N4O11/c1-40(2)17-12-19-42(5)21-14-26-61(7)53(69)35-47-51(68)33-45-49(56(47)76-61)37-65(58(45)71)30-16-23-55(74-39-67)66-38-50-46(59(66)72)34-52(75-60(73)64-31-24-44(25-32-64)63-28-10-9-11-29-63)48-36-54(70)62(8,77-57(48)50)27-15-22-43(6)20-13-18-41(3)4/h17-18,21-22,33-34,39,44,53-55,68-70H,9-16,19-20,23-32,35-38H2,1-8H3/b42-21+,43-22+/t53-,54-,55+,61+,62+/m0/s1. The van der Waals surface area contributed by atoms with Crippen molar-refractivity contribution in [2.24, 2.45) is 0 Å². The van der Waals surface area contributed by atoms with Gasteiger partial charge in [-0.1, -0.05) is 53.0 Å². The number of hydrogen-bond acceptors (Lipinski definition) is 12. The van der Waals surface area contributed by atoms with Crippen LogP contribution in [0.3, 0.4) is 0 Å². The van der Waals surface area contributed by atoms with Gasteiger partial charge in [0.25, 0.3) is 18.3 Å². The van der Waals surface area contributed by atoms with E-state index in [0.29, 0.717) is 97.0 Å². The lowest BCUT2D eigenvalue weighted by molar-refractivity contribution is -0.141. The summed E-state index contributed by atoms with van der Waals surface area (Å²) in [5, 5.41) is 34.4. The van der Waals surface area contributed by atoms with Crippen LogP contribution in [0.15, 0.2) is 58.7 Å². The number of rotatable bonds is 21. The molecular formula is C62H86N4O11. The Morgan fingerprint density at radius 3 is 1.87 bits per heavy atom. The van der Waals surface area contributed by atoms with E-state index in [4.69, 9.17) is 18.9 Å². The number of hydrogen-bond donors (Lipinski definition) is 3. The van der Waals surface area contributed by atoms with Gasteiger partial charge in [-0.25, -0.2) is 4.79 Å². The number of phenols is 1. The summed E-state index contributed by atoms with van der Waals surface area (Å²) in [4.78, 5) is 62.3.